The van der Waals surface area contributed by atoms with E-state index in [2.05, 4.69) is 44.9 Å². The predicted octanol–water partition coefficient (Wildman–Crippen LogP) is 3.35. The monoisotopic (exact) mass is 399 g/mol. The average molecular weight is 400 g/mol. The van der Waals surface area contributed by atoms with Crippen molar-refractivity contribution >= 4 is 17.6 Å². The second-order valence-corrected chi connectivity index (χ2v) is 8.36. The molecule has 0 spiro atoms. The zero-order chi connectivity index (χ0) is 20.5. The van der Waals surface area contributed by atoms with E-state index in [1.54, 1.807) is 0 Å². The molecular formula is C23H37N5O. The first-order valence-corrected chi connectivity index (χ1v) is 11.3. The Bertz CT molecular complexity index is 676. The molecule has 3 rings (SSSR count). The van der Waals surface area contributed by atoms with E-state index in [0.717, 1.165) is 56.0 Å². The molecular weight excluding hydrogens is 362 g/mol. The molecule has 2 aliphatic rings. The summed E-state index contributed by atoms with van der Waals surface area (Å²) in [6.45, 7) is 6.44. The van der Waals surface area contributed by atoms with Gasteiger partial charge in [0.2, 0.25) is 5.91 Å². The summed E-state index contributed by atoms with van der Waals surface area (Å²) < 4.78 is 0. The maximum atomic E-state index is 12.4. The Hall–Kier alpha value is -2.08. The fourth-order valence-corrected chi connectivity index (χ4v) is 4.38. The van der Waals surface area contributed by atoms with Gasteiger partial charge >= 0.3 is 0 Å². The van der Waals surface area contributed by atoms with Crippen LogP contribution < -0.4 is 16.0 Å². The van der Waals surface area contributed by atoms with Gasteiger partial charge in [-0.25, -0.2) is 0 Å². The first-order chi connectivity index (χ1) is 14.2. The molecule has 6 heteroatoms. The quantitative estimate of drug-likeness (QED) is 0.486. The maximum Gasteiger partial charge on any atom is 0.227 e. The highest BCUT2D eigenvalue weighted by Crippen LogP contribution is 2.26. The third kappa shape index (κ3) is 6.74. The number of carbonyl (C=O) groups is 1. The maximum absolute atomic E-state index is 12.4. The van der Waals surface area contributed by atoms with Gasteiger partial charge in [-0.3, -0.25) is 9.79 Å². The summed E-state index contributed by atoms with van der Waals surface area (Å²) in [5.74, 6) is 1.20. The van der Waals surface area contributed by atoms with Gasteiger partial charge in [-0.1, -0.05) is 31.9 Å². The van der Waals surface area contributed by atoms with Gasteiger partial charge in [0.1, 0.15) is 0 Å². The first-order valence-electron chi connectivity index (χ1n) is 11.3. The molecule has 6 nitrogen and oxygen atoms in total. The van der Waals surface area contributed by atoms with Crippen molar-refractivity contribution < 1.29 is 4.79 Å². The summed E-state index contributed by atoms with van der Waals surface area (Å²) in [5, 5.41) is 10.1. The van der Waals surface area contributed by atoms with Crippen LogP contribution in [0.2, 0.25) is 0 Å². The van der Waals surface area contributed by atoms with E-state index >= 15 is 0 Å². The van der Waals surface area contributed by atoms with E-state index in [1.807, 2.05) is 19.2 Å². The van der Waals surface area contributed by atoms with Gasteiger partial charge in [-0.2, -0.15) is 0 Å². The number of rotatable bonds is 7. The summed E-state index contributed by atoms with van der Waals surface area (Å²) in [5.41, 5.74) is 2.02. The summed E-state index contributed by atoms with van der Waals surface area (Å²) in [6.07, 6.45) is 7.92. The summed E-state index contributed by atoms with van der Waals surface area (Å²) in [4.78, 5) is 19.3. The van der Waals surface area contributed by atoms with Crippen molar-refractivity contribution in [2.45, 2.75) is 64.5 Å². The molecule has 1 saturated carbocycles. The molecule has 0 bridgehead atoms. The van der Waals surface area contributed by atoms with Crippen molar-refractivity contribution in [1.29, 1.82) is 0 Å². The van der Waals surface area contributed by atoms with Crippen molar-refractivity contribution in [2.24, 2.45) is 10.9 Å². The molecule has 1 aromatic carbocycles. The number of guanidine groups is 1. The highest BCUT2D eigenvalue weighted by atomic mass is 16.1. The number of benzene rings is 1. The Balaban J connectivity index is 1.45. The minimum absolute atomic E-state index is 0.166. The molecule has 0 radical (unpaired) electrons. The second-order valence-electron chi connectivity index (χ2n) is 8.36. The van der Waals surface area contributed by atoms with Gasteiger partial charge in [-0.05, 0) is 56.3 Å². The number of hydrogen-bond donors (Lipinski definition) is 3. The zero-order valence-corrected chi connectivity index (χ0v) is 18.0. The number of anilines is 1. The highest BCUT2D eigenvalue weighted by Gasteiger charge is 2.22. The number of nitrogens with zero attached hydrogens (tertiary/aromatic N) is 2. The van der Waals surface area contributed by atoms with E-state index in [0.29, 0.717) is 12.6 Å². The van der Waals surface area contributed by atoms with Crippen molar-refractivity contribution in [3.63, 3.8) is 0 Å². The van der Waals surface area contributed by atoms with Gasteiger partial charge in [-0.15, -0.1) is 0 Å². The van der Waals surface area contributed by atoms with Crippen LogP contribution in [0.1, 0.15) is 57.4 Å². The minimum Gasteiger partial charge on any atom is -0.354 e. The standard InChI is InChI=1S/C23H37N5O/c1-3-13-28-14-11-20(12-15-28)27-23(24-2)25-17-18-7-6-10-21(16-18)26-22(29)19-8-4-5-9-19/h6-7,10,16,19-20H,3-5,8-9,11-15,17H2,1-2H3,(H,26,29)(H2,24,25,27). The molecule has 160 valence electrons. The molecule has 1 aromatic rings. The van der Waals surface area contributed by atoms with Gasteiger partial charge in [0.05, 0.1) is 0 Å². The summed E-state index contributed by atoms with van der Waals surface area (Å²) >= 11 is 0. The lowest BCUT2D eigenvalue weighted by Crippen LogP contribution is -2.48. The predicted molar refractivity (Wildman–Crippen MR) is 120 cm³/mol. The van der Waals surface area contributed by atoms with Crippen LogP contribution in [0.3, 0.4) is 0 Å². The molecule has 0 aromatic heterocycles. The van der Waals surface area contributed by atoms with Crippen LogP contribution in [0.4, 0.5) is 5.69 Å². The molecule has 1 heterocycles. The largest absolute Gasteiger partial charge is 0.354 e. The number of nitrogens with one attached hydrogen (secondary N) is 3. The molecule has 1 saturated heterocycles. The van der Waals surface area contributed by atoms with Crippen LogP contribution in [0.15, 0.2) is 29.3 Å². The topological polar surface area (TPSA) is 68.8 Å². The van der Waals surface area contributed by atoms with Crippen LogP contribution in [0, 0.1) is 5.92 Å². The fourth-order valence-electron chi connectivity index (χ4n) is 4.38. The van der Waals surface area contributed by atoms with Crippen LogP contribution in [-0.4, -0.2) is 49.5 Å². The van der Waals surface area contributed by atoms with Crippen molar-refractivity contribution in [3.05, 3.63) is 29.8 Å². The Labute approximate surface area is 175 Å². The highest BCUT2D eigenvalue weighted by molar-refractivity contribution is 5.92. The van der Waals surface area contributed by atoms with E-state index < -0.39 is 0 Å². The minimum atomic E-state index is 0.166. The molecule has 1 aliphatic heterocycles. The van der Waals surface area contributed by atoms with Gasteiger partial charge in [0.25, 0.3) is 0 Å². The molecule has 29 heavy (non-hydrogen) atoms. The molecule has 0 unspecified atom stereocenters. The van der Waals surface area contributed by atoms with Crippen LogP contribution in [-0.2, 0) is 11.3 Å². The number of likely N-dealkylation sites (tertiary alicyclic amines) is 1. The zero-order valence-electron chi connectivity index (χ0n) is 18.0. The third-order valence-corrected chi connectivity index (χ3v) is 6.07. The number of piperidine rings is 1. The first kappa shape index (κ1) is 21.6. The Morgan fingerprint density at radius 1 is 1.17 bits per heavy atom. The van der Waals surface area contributed by atoms with E-state index in [9.17, 15) is 4.79 Å². The lowest BCUT2D eigenvalue weighted by atomic mass is 10.1. The van der Waals surface area contributed by atoms with Crippen molar-refractivity contribution in [3.8, 4) is 0 Å². The molecule has 3 N–H and O–H groups in total. The normalized spacial score (nSPS) is 19.3. The Morgan fingerprint density at radius 2 is 1.93 bits per heavy atom. The lowest BCUT2D eigenvalue weighted by Gasteiger charge is -2.32. The fraction of sp³-hybridized carbons (Fsp3) is 0.652. The van der Waals surface area contributed by atoms with Crippen LogP contribution in [0.25, 0.3) is 0 Å². The SMILES string of the molecule is CCCN1CCC(NC(=NC)NCc2cccc(NC(=O)C3CCCC3)c2)CC1. The average Bonchev–Trinajstić information content (AvgIpc) is 3.28. The number of hydrogen-bond acceptors (Lipinski definition) is 3. The summed E-state index contributed by atoms with van der Waals surface area (Å²) in [6, 6.07) is 8.57. The number of aliphatic imine (C=N–C) groups is 1. The van der Waals surface area contributed by atoms with Gasteiger partial charge in [0, 0.05) is 44.3 Å². The Kier molecular flexibility index (Phi) is 8.35. The molecule has 2 fully saturated rings. The van der Waals surface area contributed by atoms with E-state index in [-0.39, 0.29) is 11.8 Å². The van der Waals surface area contributed by atoms with Crippen molar-refractivity contribution in [1.82, 2.24) is 15.5 Å². The Morgan fingerprint density at radius 3 is 2.62 bits per heavy atom. The smallest absolute Gasteiger partial charge is 0.227 e. The van der Waals surface area contributed by atoms with Gasteiger partial charge < -0.3 is 20.9 Å². The lowest BCUT2D eigenvalue weighted by molar-refractivity contribution is -0.119. The molecule has 1 aliphatic carbocycles. The van der Waals surface area contributed by atoms with Gasteiger partial charge in [0.15, 0.2) is 5.96 Å². The van der Waals surface area contributed by atoms with Crippen LogP contribution >= 0.6 is 0 Å². The third-order valence-electron chi connectivity index (χ3n) is 6.07. The van der Waals surface area contributed by atoms with E-state index in [1.165, 1.54) is 25.8 Å². The molecule has 0 atom stereocenters. The number of amides is 1. The number of carbonyl (C=O) groups excluding carboxylic acids is 1. The molecule has 1 amide bonds. The summed E-state index contributed by atoms with van der Waals surface area (Å²) in [7, 11) is 1.82. The second kappa shape index (κ2) is 11.2. The van der Waals surface area contributed by atoms with Crippen LogP contribution in [0.5, 0.6) is 0 Å². The van der Waals surface area contributed by atoms with E-state index in [4.69, 9.17) is 0 Å². The van der Waals surface area contributed by atoms with Crippen molar-refractivity contribution in [2.75, 3.05) is 32.0 Å².